The molecule has 0 radical (unpaired) electrons. The first kappa shape index (κ1) is 33.2. The summed E-state index contributed by atoms with van der Waals surface area (Å²) in [7, 11) is -2.19. The van der Waals surface area contributed by atoms with E-state index in [1.54, 1.807) is 7.11 Å². The van der Waals surface area contributed by atoms with Gasteiger partial charge in [-0.2, -0.15) is 0 Å². The Bertz CT molecular complexity index is 870. The van der Waals surface area contributed by atoms with E-state index in [1.807, 2.05) is 18.2 Å². The molecule has 0 N–H and O–H groups in total. The Morgan fingerprint density at radius 2 is 1.53 bits per heavy atom. The van der Waals surface area contributed by atoms with E-state index in [-0.39, 0.29) is 34.5 Å². The van der Waals surface area contributed by atoms with E-state index in [9.17, 15) is 0 Å². The van der Waals surface area contributed by atoms with Crippen LogP contribution in [0.4, 0.5) is 0 Å². The van der Waals surface area contributed by atoms with Gasteiger partial charge in [0.2, 0.25) is 0 Å². The van der Waals surface area contributed by atoms with Crippen molar-refractivity contribution < 1.29 is 23.1 Å². The van der Waals surface area contributed by atoms with Crippen LogP contribution < -0.4 is 4.74 Å². The Labute approximate surface area is 235 Å². The smallest absolute Gasteiger partial charge is 0.192 e. The topological polar surface area (TPSA) is 49.5 Å². The predicted molar refractivity (Wildman–Crippen MR) is 164 cm³/mol. The van der Waals surface area contributed by atoms with E-state index in [4.69, 9.17) is 23.1 Å². The summed E-state index contributed by atoms with van der Waals surface area (Å²) in [6.45, 7) is 30.6. The normalized spacial score (nSPS) is 21.1. The summed E-state index contributed by atoms with van der Waals surface area (Å²) in [5.41, 5.74) is 1.12. The van der Waals surface area contributed by atoms with Gasteiger partial charge in [0.1, 0.15) is 11.9 Å². The Kier molecular flexibility index (Phi) is 11.5. The van der Waals surface area contributed by atoms with Crippen molar-refractivity contribution >= 4 is 16.6 Å². The number of hydrogen-bond donors (Lipinski definition) is 0. The molecule has 0 aliphatic carbocycles. The first-order valence-corrected chi connectivity index (χ1v) is 20.1. The second-order valence-corrected chi connectivity index (χ2v) is 23.7. The molecule has 0 amide bonds. The summed E-state index contributed by atoms with van der Waals surface area (Å²) in [6.07, 6.45) is 3.69. The molecule has 1 aromatic carbocycles. The lowest BCUT2D eigenvalue weighted by Gasteiger charge is -2.42. The maximum Gasteiger partial charge on any atom is 0.192 e. The van der Waals surface area contributed by atoms with Gasteiger partial charge in [-0.1, -0.05) is 66.7 Å². The largest absolute Gasteiger partial charge is 0.497 e. The summed E-state index contributed by atoms with van der Waals surface area (Å²) in [4.78, 5) is 0. The first-order chi connectivity index (χ1) is 17.4. The Balaban J connectivity index is 2.25. The molecule has 7 heteroatoms. The van der Waals surface area contributed by atoms with E-state index in [0.717, 1.165) is 30.8 Å². The van der Waals surface area contributed by atoms with Crippen LogP contribution in [0.2, 0.25) is 36.3 Å². The van der Waals surface area contributed by atoms with Crippen LogP contribution in [0.25, 0.3) is 0 Å². The second-order valence-electron chi connectivity index (χ2n) is 14.1. The molecule has 1 saturated heterocycles. The molecule has 1 aliphatic rings. The molecule has 0 aromatic heterocycles. The van der Waals surface area contributed by atoms with Crippen LogP contribution in [-0.2, 0) is 24.9 Å². The monoisotopic (exact) mass is 564 g/mol. The molecule has 1 heterocycles. The Hall–Kier alpha value is -0.966. The van der Waals surface area contributed by atoms with Crippen LogP contribution >= 0.6 is 0 Å². The fourth-order valence-electron chi connectivity index (χ4n) is 3.90. The van der Waals surface area contributed by atoms with Crippen molar-refractivity contribution in [2.24, 2.45) is 5.92 Å². The highest BCUT2D eigenvalue weighted by molar-refractivity contribution is 6.74. The molecule has 0 unspecified atom stereocenters. The van der Waals surface area contributed by atoms with Gasteiger partial charge in [-0.3, -0.25) is 0 Å². The summed E-state index contributed by atoms with van der Waals surface area (Å²) in [5, 5.41) is 0.295. The molecular weight excluding hydrogens is 509 g/mol. The lowest BCUT2D eigenvalue weighted by molar-refractivity contribution is -0.0560. The average molecular weight is 565 g/mol. The number of methoxy groups -OCH3 is 1. The maximum absolute atomic E-state index is 7.13. The van der Waals surface area contributed by atoms with Gasteiger partial charge in [-0.15, -0.1) is 6.58 Å². The van der Waals surface area contributed by atoms with Crippen LogP contribution in [0.5, 0.6) is 5.75 Å². The average Bonchev–Trinajstić information content (AvgIpc) is 3.57. The summed E-state index contributed by atoms with van der Waals surface area (Å²) in [5.74, 6) is 1.20. The number of ether oxygens (including phenoxy) is 3. The van der Waals surface area contributed by atoms with Crippen molar-refractivity contribution in [3.05, 3.63) is 42.5 Å². The Morgan fingerprint density at radius 1 is 0.947 bits per heavy atom. The lowest BCUT2D eigenvalue weighted by Crippen LogP contribution is -2.49. The third-order valence-corrected chi connectivity index (χ3v) is 17.8. The van der Waals surface area contributed by atoms with Crippen molar-refractivity contribution in [1.82, 2.24) is 0 Å². The quantitative estimate of drug-likeness (QED) is 0.122. The minimum Gasteiger partial charge on any atom is -0.497 e. The van der Waals surface area contributed by atoms with Crippen molar-refractivity contribution in [3.63, 3.8) is 0 Å². The molecule has 5 atom stereocenters. The zero-order valence-corrected chi connectivity index (χ0v) is 28.4. The first-order valence-electron chi connectivity index (χ1n) is 14.2. The molecule has 1 fully saturated rings. The predicted octanol–water partition coefficient (Wildman–Crippen LogP) is 8.36. The minimum atomic E-state index is -2.05. The van der Waals surface area contributed by atoms with Gasteiger partial charge in [0.15, 0.2) is 16.6 Å². The Morgan fingerprint density at radius 3 is 2.00 bits per heavy atom. The lowest BCUT2D eigenvalue weighted by atomic mass is 9.97. The van der Waals surface area contributed by atoms with Crippen LogP contribution in [0.15, 0.2) is 36.9 Å². The van der Waals surface area contributed by atoms with E-state index in [2.05, 4.69) is 93.4 Å². The number of epoxide rings is 1. The second kappa shape index (κ2) is 13.1. The number of hydrogen-bond acceptors (Lipinski definition) is 5. The number of benzene rings is 1. The van der Waals surface area contributed by atoms with Crippen LogP contribution in [-0.4, -0.2) is 54.8 Å². The fraction of sp³-hybridized carbons (Fsp3) is 0.742. The van der Waals surface area contributed by atoms with Crippen molar-refractivity contribution in [2.45, 2.75) is 129 Å². The van der Waals surface area contributed by atoms with E-state index < -0.39 is 16.6 Å². The zero-order chi connectivity index (χ0) is 28.9. The fourth-order valence-corrected chi connectivity index (χ4v) is 6.39. The molecule has 0 spiro atoms. The van der Waals surface area contributed by atoms with Crippen molar-refractivity contribution in [1.29, 1.82) is 0 Å². The molecule has 1 aliphatic heterocycles. The third-order valence-electron chi connectivity index (χ3n) is 8.78. The highest BCUT2D eigenvalue weighted by Gasteiger charge is 2.45. The molecule has 1 aromatic rings. The summed E-state index contributed by atoms with van der Waals surface area (Å²) >= 11 is 0. The van der Waals surface area contributed by atoms with Crippen LogP contribution in [0, 0.1) is 5.92 Å². The summed E-state index contributed by atoms with van der Waals surface area (Å²) < 4.78 is 31.6. The highest BCUT2D eigenvalue weighted by atomic mass is 28.4. The maximum atomic E-state index is 7.13. The van der Waals surface area contributed by atoms with Gasteiger partial charge in [-0.05, 0) is 66.3 Å². The van der Waals surface area contributed by atoms with Gasteiger partial charge >= 0.3 is 0 Å². The molecule has 218 valence electrons. The van der Waals surface area contributed by atoms with Crippen molar-refractivity contribution in [3.8, 4) is 5.75 Å². The highest BCUT2D eigenvalue weighted by Crippen LogP contribution is 2.41. The molecule has 5 nitrogen and oxygen atoms in total. The van der Waals surface area contributed by atoms with Crippen molar-refractivity contribution in [2.75, 3.05) is 13.7 Å². The SMILES string of the molecule is C=C[C@@H]1O[C@H]1C[C@H](OCc1ccc(OC)cc1)[C@H](C[C@@H](C)CO[Si](C)(C)C(C)(C)C)O[Si](C)(C)C(C)(C)C. The van der Waals surface area contributed by atoms with Crippen LogP contribution in [0.3, 0.4) is 0 Å². The zero-order valence-electron chi connectivity index (χ0n) is 26.4. The van der Waals surface area contributed by atoms with Gasteiger partial charge in [0.05, 0.1) is 32.0 Å². The standard InChI is InChI=1S/C31H56O5Si2/c1-14-26-28(35-26)20-27(33-22-24-15-17-25(32-9)18-16-24)29(36-38(12,13)31(6,7)8)19-23(2)21-34-37(10,11)30(3,4)5/h14-18,23,26-29H,1,19-22H2,2-13H3/t23-,26+,27+,28+,29+/m1/s1. The van der Waals surface area contributed by atoms with Crippen LogP contribution in [0.1, 0.15) is 66.9 Å². The van der Waals surface area contributed by atoms with Gasteiger partial charge < -0.3 is 23.1 Å². The van der Waals surface area contributed by atoms with E-state index >= 15 is 0 Å². The van der Waals surface area contributed by atoms with E-state index in [0.29, 0.717) is 12.5 Å². The molecule has 0 saturated carbocycles. The number of rotatable bonds is 15. The molecule has 38 heavy (non-hydrogen) atoms. The van der Waals surface area contributed by atoms with E-state index in [1.165, 1.54) is 0 Å². The van der Waals surface area contributed by atoms with Gasteiger partial charge in [0.25, 0.3) is 0 Å². The third kappa shape index (κ3) is 9.59. The molecular formula is C31H56O5Si2. The molecule has 0 bridgehead atoms. The molecule has 2 rings (SSSR count). The van der Waals surface area contributed by atoms with Gasteiger partial charge in [0, 0.05) is 13.0 Å². The minimum absolute atomic E-state index is 0.0400. The summed E-state index contributed by atoms with van der Waals surface area (Å²) in [6, 6.07) is 8.09. The van der Waals surface area contributed by atoms with Gasteiger partial charge in [-0.25, -0.2) is 0 Å².